The van der Waals surface area contributed by atoms with Crippen LogP contribution in [0, 0.1) is 18.7 Å². The molecule has 1 aliphatic heterocycles. The van der Waals surface area contributed by atoms with Gasteiger partial charge in [0.2, 0.25) is 0 Å². The van der Waals surface area contributed by atoms with E-state index in [1.54, 1.807) is 36.4 Å². The molecule has 3 unspecified atom stereocenters. The topological polar surface area (TPSA) is 58.2 Å². The van der Waals surface area contributed by atoms with Gasteiger partial charge in [0.25, 0.3) is 10.0 Å². The van der Waals surface area contributed by atoms with Gasteiger partial charge >= 0.3 is 0 Å². The molecule has 1 heterocycles. The molecule has 0 bridgehead atoms. The lowest BCUT2D eigenvalue weighted by atomic mass is 9.77. The van der Waals surface area contributed by atoms with Crippen LogP contribution in [0.5, 0.6) is 0 Å². The molecule has 0 saturated carbocycles. The van der Waals surface area contributed by atoms with E-state index < -0.39 is 10.0 Å². The molecule has 1 aliphatic carbocycles. The van der Waals surface area contributed by atoms with Crippen LogP contribution in [-0.4, -0.2) is 8.42 Å². The van der Waals surface area contributed by atoms with E-state index in [0.717, 1.165) is 23.2 Å². The minimum atomic E-state index is -3.73. The molecule has 0 spiro atoms. The van der Waals surface area contributed by atoms with Gasteiger partial charge in [-0.25, -0.2) is 12.8 Å². The van der Waals surface area contributed by atoms with Crippen LogP contribution in [0.15, 0.2) is 83.8 Å². The molecule has 5 rings (SSSR count). The molecule has 2 aliphatic rings. The molecule has 3 aromatic carbocycles. The first-order chi connectivity index (χ1) is 14.9. The van der Waals surface area contributed by atoms with Crippen LogP contribution >= 0.6 is 0 Å². The lowest BCUT2D eigenvalue weighted by Gasteiger charge is -2.37. The number of benzene rings is 3. The summed E-state index contributed by atoms with van der Waals surface area (Å²) in [6.45, 7) is 1.92. The molecule has 4 nitrogen and oxygen atoms in total. The SMILES string of the molecule is Cc1cccc(NS(=O)(=O)c2ccc3c(c2)C2C=CCC2C(c2ccccc2F)N3)c1. The second-order valence-electron chi connectivity index (χ2n) is 8.22. The average Bonchev–Trinajstić information content (AvgIpc) is 3.23. The van der Waals surface area contributed by atoms with Crippen LogP contribution in [0.3, 0.4) is 0 Å². The monoisotopic (exact) mass is 434 g/mol. The summed E-state index contributed by atoms with van der Waals surface area (Å²) in [6.07, 6.45) is 5.03. The van der Waals surface area contributed by atoms with Crippen LogP contribution in [0.1, 0.15) is 35.1 Å². The van der Waals surface area contributed by atoms with Crippen LogP contribution in [0.2, 0.25) is 0 Å². The standard InChI is InChI=1S/C25H23FN2O2S/c1-16-6-4-7-17(14-16)28-31(29,30)18-12-13-24-22(15-18)19-9-5-10-20(19)25(27-24)21-8-2-3-11-23(21)26/h2-9,11-15,19-20,25,27-28H,10H2,1H3. The van der Waals surface area contributed by atoms with E-state index in [0.29, 0.717) is 11.3 Å². The van der Waals surface area contributed by atoms with Crippen molar-refractivity contribution in [3.05, 3.63) is 101 Å². The first kappa shape index (κ1) is 19.8. The van der Waals surface area contributed by atoms with E-state index in [1.165, 1.54) is 6.07 Å². The summed E-state index contributed by atoms with van der Waals surface area (Å²) < 4.78 is 43.2. The summed E-state index contributed by atoms with van der Waals surface area (Å²) in [5.41, 5.74) is 3.93. The van der Waals surface area contributed by atoms with E-state index in [2.05, 4.69) is 22.2 Å². The van der Waals surface area contributed by atoms with Gasteiger partial charge in [0.05, 0.1) is 10.9 Å². The maximum atomic E-state index is 14.5. The fourth-order valence-electron chi connectivity index (χ4n) is 4.70. The highest BCUT2D eigenvalue weighted by molar-refractivity contribution is 7.92. The number of aryl methyl sites for hydroxylation is 1. The fraction of sp³-hybridized carbons (Fsp3) is 0.200. The van der Waals surface area contributed by atoms with E-state index in [4.69, 9.17) is 0 Å². The lowest BCUT2D eigenvalue weighted by molar-refractivity contribution is 0.413. The first-order valence-corrected chi connectivity index (χ1v) is 11.8. The van der Waals surface area contributed by atoms with Gasteiger partial charge in [0.15, 0.2) is 0 Å². The van der Waals surface area contributed by atoms with Crippen molar-refractivity contribution in [3.63, 3.8) is 0 Å². The Hall–Kier alpha value is -3.12. The molecule has 6 heteroatoms. The number of anilines is 2. The number of hydrogen-bond donors (Lipinski definition) is 2. The zero-order valence-corrected chi connectivity index (χ0v) is 17.9. The summed E-state index contributed by atoms with van der Waals surface area (Å²) in [6, 6.07) is 19.1. The highest BCUT2D eigenvalue weighted by Crippen LogP contribution is 2.50. The molecule has 0 radical (unpaired) electrons. The van der Waals surface area contributed by atoms with Crippen molar-refractivity contribution < 1.29 is 12.8 Å². The number of allylic oxidation sites excluding steroid dienone is 2. The Morgan fingerprint density at radius 3 is 2.65 bits per heavy atom. The van der Waals surface area contributed by atoms with Gasteiger partial charge in [-0.2, -0.15) is 0 Å². The molecule has 3 atom stereocenters. The second-order valence-corrected chi connectivity index (χ2v) is 9.90. The largest absolute Gasteiger partial charge is 0.378 e. The van der Waals surface area contributed by atoms with E-state index in [-0.39, 0.29) is 28.6 Å². The van der Waals surface area contributed by atoms with E-state index in [1.807, 2.05) is 31.2 Å². The van der Waals surface area contributed by atoms with Gasteiger partial charge in [0.1, 0.15) is 5.82 Å². The van der Waals surface area contributed by atoms with Gasteiger partial charge < -0.3 is 5.32 Å². The minimum Gasteiger partial charge on any atom is -0.378 e. The Kier molecular flexibility index (Phi) is 4.82. The Labute approximate surface area is 181 Å². The van der Waals surface area contributed by atoms with Gasteiger partial charge in [-0.15, -0.1) is 0 Å². The highest BCUT2D eigenvalue weighted by atomic mass is 32.2. The molecule has 31 heavy (non-hydrogen) atoms. The lowest BCUT2D eigenvalue weighted by Crippen LogP contribution is -2.30. The number of nitrogens with one attached hydrogen (secondary N) is 2. The molecular formula is C25H23FN2O2S. The predicted molar refractivity (Wildman–Crippen MR) is 121 cm³/mol. The zero-order valence-electron chi connectivity index (χ0n) is 17.0. The second kappa shape index (κ2) is 7.54. The maximum absolute atomic E-state index is 14.5. The third-order valence-corrected chi connectivity index (χ3v) is 7.53. The molecule has 0 saturated heterocycles. The summed E-state index contributed by atoms with van der Waals surface area (Å²) in [4.78, 5) is 0.220. The fourth-order valence-corrected chi connectivity index (χ4v) is 5.78. The predicted octanol–water partition coefficient (Wildman–Crippen LogP) is 5.76. The maximum Gasteiger partial charge on any atom is 0.261 e. The third-order valence-electron chi connectivity index (χ3n) is 6.16. The van der Waals surface area contributed by atoms with Gasteiger partial charge in [-0.05, 0) is 66.8 Å². The Balaban J connectivity index is 1.51. The van der Waals surface area contributed by atoms with Crippen LogP contribution < -0.4 is 10.0 Å². The van der Waals surface area contributed by atoms with Gasteiger partial charge in [-0.3, -0.25) is 4.72 Å². The Bertz CT molecular complexity index is 1290. The van der Waals surface area contributed by atoms with Crippen molar-refractivity contribution in [1.82, 2.24) is 0 Å². The quantitative estimate of drug-likeness (QED) is 0.513. The van der Waals surface area contributed by atoms with Crippen LogP contribution in [0.25, 0.3) is 0 Å². The minimum absolute atomic E-state index is 0.0370. The summed E-state index contributed by atoms with van der Waals surface area (Å²) >= 11 is 0. The number of halogens is 1. The molecule has 158 valence electrons. The number of sulfonamides is 1. The average molecular weight is 435 g/mol. The third kappa shape index (κ3) is 3.61. The van der Waals surface area contributed by atoms with E-state index >= 15 is 0 Å². The summed E-state index contributed by atoms with van der Waals surface area (Å²) in [7, 11) is -3.73. The molecule has 0 fully saturated rings. The van der Waals surface area contributed by atoms with Crippen molar-refractivity contribution in [3.8, 4) is 0 Å². The number of rotatable bonds is 4. The van der Waals surface area contributed by atoms with Crippen molar-refractivity contribution in [2.75, 3.05) is 10.0 Å². The Morgan fingerprint density at radius 2 is 1.84 bits per heavy atom. The molecule has 2 N–H and O–H groups in total. The van der Waals surface area contributed by atoms with Crippen molar-refractivity contribution in [2.24, 2.45) is 5.92 Å². The highest BCUT2D eigenvalue weighted by Gasteiger charge is 2.39. The van der Waals surface area contributed by atoms with Crippen LogP contribution in [0.4, 0.5) is 15.8 Å². The zero-order chi connectivity index (χ0) is 21.6. The first-order valence-electron chi connectivity index (χ1n) is 10.3. The van der Waals surface area contributed by atoms with Crippen molar-refractivity contribution in [1.29, 1.82) is 0 Å². The van der Waals surface area contributed by atoms with Crippen molar-refractivity contribution >= 4 is 21.4 Å². The number of hydrogen-bond acceptors (Lipinski definition) is 3. The van der Waals surface area contributed by atoms with Gasteiger partial charge in [0, 0.05) is 22.9 Å². The normalized spacial score (nSPS) is 21.8. The molecular weight excluding hydrogens is 411 g/mol. The summed E-state index contributed by atoms with van der Waals surface area (Å²) in [5, 5.41) is 3.47. The molecule has 0 aromatic heterocycles. The number of fused-ring (bicyclic) bond motifs is 3. The molecule has 0 amide bonds. The molecule has 3 aromatic rings. The smallest absolute Gasteiger partial charge is 0.261 e. The van der Waals surface area contributed by atoms with Crippen molar-refractivity contribution in [2.45, 2.75) is 30.2 Å². The van der Waals surface area contributed by atoms with Gasteiger partial charge in [-0.1, -0.05) is 42.5 Å². The Morgan fingerprint density at radius 1 is 1.00 bits per heavy atom. The summed E-state index contributed by atoms with van der Waals surface area (Å²) in [5.74, 6) is -0.0577. The van der Waals surface area contributed by atoms with Crippen LogP contribution in [-0.2, 0) is 10.0 Å². The van der Waals surface area contributed by atoms with E-state index in [9.17, 15) is 12.8 Å².